The predicted molar refractivity (Wildman–Crippen MR) is 244 cm³/mol. The Morgan fingerprint density at radius 1 is 0.791 bits per heavy atom. The number of rotatable bonds is 24. The molecule has 1 heterocycles. The monoisotopic (exact) mass is 1000 g/mol. The maximum atomic E-state index is 13.7. The lowest BCUT2D eigenvalue weighted by atomic mass is 9.82. The zero-order valence-electron chi connectivity index (χ0n) is 39.4. The molecule has 0 aromatic heterocycles. The van der Waals surface area contributed by atoms with Gasteiger partial charge in [0.2, 0.25) is 0 Å². The Balaban J connectivity index is 2.38. The number of Topliss-reactive ketones (excluding diaryl/α,β-unsaturated/α-hetero) is 1. The number of cyclic esters (lactones) is 1. The molecule has 2 bridgehead atoms. The number of hydrogen-bond acceptors (Lipinski definition) is 17. The highest BCUT2D eigenvalue weighted by molar-refractivity contribution is 7.47. The van der Waals surface area contributed by atoms with Gasteiger partial charge in [-0.25, -0.2) is 9.13 Å². The molecule has 1 saturated heterocycles. The van der Waals surface area contributed by atoms with Crippen molar-refractivity contribution in [3.8, 4) is 0 Å². The van der Waals surface area contributed by atoms with Gasteiger partial charge in [0, 0.05) is 43.9 Å². The van der Waals surface area contributed by atoms with Gasteiger partial charge in [-0.2, -0.15) is 0 Å². The first-order chi connectivity index (χ1) is 31.7. The maximum Gasteiger partial charge on any atom is 0.472 e. The number of carbonyl (C=O) groups is 3. The van der Waals surface area contributed by atoms with Crippen LogP contribution in [0.25, 0.3) is 0 Å². The van der Waals surface area contributed by atoms with Gasteiger partial charge in [-0.15, -0.1) is 0 Å². The number of phosphoric ester groups is 2. The van der Waals surface area contributed by atoms with E-state index in [1.807, 2.05) is 6.92 Å². The Morgan fingerprint density at radius 3 is 1.96 bits per heavy atom. The Kier molecular flexibility index (Phi) is 30.3. The zero-order chi connectivity index (χ0) is 50.0. The lowest BCUT2D eigenvalue weighted by Crippen LogP contribution is -2.56. The summed E-state index contributed by atoms with van der Waals surface area (Å²) in [5.41, 5.74) is 0. The summed E-state index contributed by atoms with van der Waals surface area (Å²) >= 11 is 0. The van der Waals surface area contributed by atoms with Crippen molar-refractivity contribution < 1.29 is 97.0 Å². The minimum absolute atomic E-state index is 0.0343. The number of aliphatic hydroxyl groups is 7. The average Bonchev–Trinajstić information content (AvgIpc) is 3.26. The first-order valence-corrected chi connectivity index (χ1v) is 27.4. The minimum Gasteiger partial charge on any atom is -0.462 e. The average molecular weight is 1010 g/mol. The van der Waals surface area contributed by atoms with Crippen LogP contribution in [0.1, 0.15) is 168 Å². The number of esters is 2. The number of unbranched alkanes of at least 4 members (excludes halogenated alkanes) is 14. The molecule has 0 aromatic rings. The van der Waals surface area contributed by atoms with Crippen molar-refractivity contribution in [1.29, 1.82) is 0 Å². The third-order valence-electron chi connectivity index (χ3n) is 12.3. The fourth-order valence-corrected chi connectivity index (χ4v) is 9.90. The van der Waals surface area contributed by atoms with Crippen molar-refractivity contribution in [2.24, 2.45) is 11.8 Å². The van der Waals surface area contributed by atoms with Crippen LogP contribution >= 0.6 is 15.6 Å². The number of aliphatic hydroxyl groups excluding tert-OH is 7. The molecule has 1 saturated carbocycles. The van der Waals surface area contributed by atoms with Crippen LogP contribution in [-0.2, 0) is 46.6 Å². The molecular formula is C45H82O20P2. The summed E-state index contributed by atoms with van der Waals surface area (Å²) in [7, 11) is -11.5. The molecule has 2 fully saturated rings. The maximum absolute atomic E-state index is 13.7. The van der Waals surface area contributed by atoms with E-state index in [-0.39, 0.29) is 38.5 Å². The van der Waals surface area contributed by atoms with Gasteiger partial charge in [0.05, 0.1) is 37.1 Å². The molecular weight excluding hydrogens is 922 g/mol. The molecule has 1 aliphatic carbocycles. The molecule has 0 radical (unpaired) electrons. The Labute approximate surface area is 395 Å². The van der Waals surface area contributed by atoms with Gasteiger partial charge in [0.25, 0.3) is 0 Å². The molecule has 13 atom stereocenters. The van der Waals surface area contributed by atoms with E-state index in [0.29, 0.717) is 12.8 Å². The second-order valence-electron chi connectivity index (χ2n) is 18.2. The number of carbonyl (C=O) groups excluding carboxylic acids is 3. The molecule has 2 rings (SSSR count). The zero-order valence-corrected chi connectivity index (χ0v) is 41.2. The summed E-state index contributed by atoms with van der Waals surface area (Å²) in [6, 6.07) is 0. The topological polar surface area (TPSA) is 334 Å². The molecule has 10 N–H and O–H groups in total. The Bertz CT molecular complexity index is 1530. The standard InChI is InChI=1S/C45H82O20P2/c1-3-5-7-8-9-10-11-12-13-14-15-16-18-23-38(50)61-29-33-30-62-67(59,60)65-45-43(55)42(54)40(52)35(27-32(47)22-19-20-24-39(51)63-33)37(49)28-36(48)34(26-25-31(46)21-17-6-4-2)41(53)44(45)64-66(56,57)58/h25-26,31,33-37,40-46,48-49,52-55H,3-24,27-30H2,1-2H3,(H,59,60)(H2,56,57,58)/b26-25+/t31-,33+,34-,35-,36+,37-,40+,41+,42-,43+,44+,45-/m0/s1. The second kappa shape index (κ2) is 33.0. The van der Waals surface area contributed by atoms with E-state index in [2.05, 4.69) is 6.92 Å². The number of phosphoric acid groups is 2. The van der Waals surface area contributed by atoms with Crippen molar-refractivity contribution in [3.05, 3.63) is 12.2 Å². The van der Waals surface area contributed by atoms with Crippen LogP contribution in [0.15, 0.2) is 12.2 Å². The SMILES string of the molecule is CCCCCCCCCCCCCCCC(=O)OC[C@@H]1COP(=O)(O)O[C@H]2[C@H](O)[C@@H](O)[C@H](O)[C@@H](CC(=O)CCCCC(=O)O1)[C@@H](O)C[C@@H](O)[C@H](/C=C/[C@@H](O)CCCCC)[C@@H](O)[C@H]2OP(=O)(O)O. The first kappa shape index (κ1) is 61.4. The highest BCUT2D eigenvalue weighted by Gasteiger charge is 2.52. The highest BCUT2D eigenvalue weighted by atomic mass is 31.2. The quantitative estimate of drug-likeness (QED) is 0.0270. The van der Waals surface area contributed by atoms with Gasteiger partial charge in [-0.05, 0) is 25.7 Å². The summed E-state index contributed by atoms with van der Waals surface area (Å²) in [4.78, 5) is 69.9. The van der Waals surface area contributed by atoms with Crippen molar-refractivity contribution in [3.63, 3.8) is 0 Å². The number of ether oxygens (including phenoxy) is 2. The number of hydrogen-bond donors (Lipinski definition) is 10. The van der Waals surface area contributed by atoms with Crippen LogP contribution in [0.4, 0.5) is 0 Å². The third-order valence-corrected chi connectivity index (χ3v) is 13.8. The van der Waals surface area contributed by atoms with Crippen molar-refractivity contribution in [1.82, 2.24) is 0 Å². The lowest BCUT2D eigenvalue weighted by Gasteiger charge is -2.38. The van der Waals surface area contributed by atoms with E-state index in [9.17, 15) is 73.9 Å². The van der Waals surface area contributed by atoms with Crippen LogP contribution in [0.2, 0.25) is 0 Å². The van der Waals surface area contributed by atoms with E-state index in [4.69, 9.17) is 23.0 Å². The van der Waals surface area contributed by atoms with Crippen molar-refractivity contribution in [2.45, 2.75) is 229 Å². The molecule has 1 unspecified atom stereocenters. The molecule has 67 heavy (non-hydrogen) atoms. The van der Waals surface area contributed by atoms with E-state index < -0.39 is 132 Å². The Morgan fingerprint density at radius 2 is 1.36 bits per heavy atom. The predicted octanol–water partition coefficient (Wildman–Crippen LogP) is 4.73. The first-order valence-electron chi connectivity index (χ1n) is 24.4. The largest absolute Gasteiger partial charge is 0.472 e. The van der Waals surface area contributed by atoms with E-state index in [1.54, 1.807) is 0 Å². The molecule has 392 valence electrons. The fraction of sp³-hybridized carbons (Fsp3) is 0.889. The van der Waals surface area contributed by atoms with Gasteiger partial charge in [-0.1, -0.05) is 122 Å². The van der Waals surface area contributed by atoms with Gasteiger partial charge in [0.15, 0.2) is 6.10 Å². The highest BCUT2D eigenvalue weighted by Crippen LogP contribution is 2.50. The van der Waals surface area contributed by atoms with Crippen LogP contribution in [0.3, 0.4) is 0 Å². The van der Waals surface area contributed by atoms with Crippen LogP contribution in [0.5, 0.6) is 0 Å². The Hall–Kier alpha value is -1.71. The van der Waals surface area contributed by atoms with E-state index in [1.165, 1.54) is 44.9 Å². The van der Waals surface area contributed by atoms with Gasteiger partial charge < -0.3 is 59.9 Å². The molecule has 20 nitrogen and oxygen atoms in total. The molecule has 1 aliphatic heterocycles. The summed E-state index contributed by atoms with van der Waals surface area (Å²) in [6.07, 6.45) is -4.71. The van der Waals surface area contributed by atoms with Crippen LogP contribution in [-0.4, -0.2) is 142 Å². The summed E-state index contributed by atoms with van der Waals surface area (Å²) in [6.45, 7) is 2.47. The van der Waals surface area contributed by atoms with Gasteiger partial charge in [0.1, 0.15) is 36.8 Å². The summed E-state index contributed by atoms with van der Waals surface area (Å²) in [5.74, 6) is -5.55. The summed E-state index contributed by atoms with van der Waals surface area (Å²) < 4.78 is 52.0. The summed E-state index contributed by atoms with van der Waals surface area (Å²) in [5, 5.41) is 79.6. The molecule has 0 amide bonds. The van der Waals surface area contributed by atoms with Crippen LogP contribution in [0, 0.1) is 11.8 Å². The molecule has 2 aliphatic rings. The molecule has 22 heteroatoms. The second-order valence-corrected chi connectivity index (χ2v) is 20.8. The molecule has 0 spiro atoms. The number of fused-ring (bicyclic) bond motifs is 4. The number of ketones is 1. The third kappa shape index (κ3) is 25.3. The lowest BCUT2D eigenvalue weighted by molar-refractivity contribution is -0.166. The van der Waals surface area contributed by atoms with Crippen LogP contribution < -0.4 is 0 Å². The van der Waals surface area contributed by atoms with Gasteiger partial charge >= 0.3 is 27.6 Å². The normalized spacial score (nSPS) is 31.8. The van der Waals surface area contributed by atoms with Crippen molar-refractivity contribution >= 4 is 33.4 Å². The molecule has 0 aromatic carbocycles. The smallest absolute Gasteiger partial charge is 0.462 e. The van der Waals surface area contributed by atoms with E-state index in [0.717, 1.165) is 57.1 Å². The van der Waals surface area contributed by atoms with Crippen molar-refractivity contribution in [2.75, 3.05) is 13.2 Å². The fourth-order valence-electron chi connectivity index (χ4n) is 8.37. The van der Waals surface area contributed by atoms with E-state index >= 15 is 0 Å². The minimum atomic E-state index is -5.80. The van der Waals surface area contributed by atoms with Gasteiger partial charge in [-0.3, -0.25) is 28.0 Å².